The molecular formula is C22H22N2OS. The SMILES string of the molecule is CC1(C)CN(Cc2cccs2)C/C(=C\c2ccc3ccccc3n2)C1=O. The van der Waals surface area contributed by atoms with E-state index in [-0.39, 0.29) is 11.2 Å². The Morgan fingerprint density at radius 3 is 2.81 bits per heavy atom. The molecule has 4 rings (SSSR count). The van der Waals surface area contributed by atoms with Crippen molar-refractivity contribution >= 4 is 34.1 Å². The van der Waals surface area contributed by atoms with Crippen molar-refractivity contribution in [3.05, 3.63) is 70.1 Å². The molecule has 0 atom stereocenters. The highest BCUT2D eigenvalue weighted by Gasteiger charge is 2.37. The topological polar surface area (TPSA) is 33.2 Å². The van der Waals surface area contributed by atoms with Crippen LogP contribution in [0.4, 0.5) is 0 Å². The van der Waals surface area contributed by atoms with Crippen molar-refractivity contribution in [2.75, 3.05) is 13.1 Å². The third-order valence-electron chi connectivity index (χ3n) is 4.82. The zero-order valence-electron chi connectivity index (χ0n) is 15.1. The highest BCUT2D eigenvalue weighted by molar-refractivity contribution is 7.09. The lowest BCUT2D eigenvalue weighted by Crippen LogP contribution is -2.47. The number of nitrogens with zero attached hydrogens (tertiary/aromatic N) is 2. The Labute approximate surface area is 158 Å². The molecular weight excluding hydrogens is 340 g/mol. The molecule has 0 spiro atoms. The summed E-state index contributed by atoms with van der Waals surface area (Å²) in [5.74, 6) is 0.231. The number of carbonyl (C=O) groups excluding carboxylic acids is 1. The van der Waals surface area contributed by atoms with Crippen molar-refractivity contribution in [1.82, 2.24) is 9.88 Å². The van der Waals surface area contributed by atoms with Crippen molar-refractivity contribution in [1.29, 1.82) is 0 Å². The number of benzene rings is 1. The van der Waals surface area contributed by atoms with Gasteiger partial charge >= 0.3 is 0 Å². The zero-order valence-corrected chi connectivity index (χ0v) is 15.9. The van der Waals surface area contributed by atoms with Crippen molar-refractivity contribution in [2.45, 2.75) is 20.4 Å². The first-order valence-corrected chi connectivity index (χ1v) is 9.75. The Morgan fingerprint density at radius 1 is 1.15 bits per heavy atom. The van der Waals surface area contributed by atoms with Crippen LogP contribution in [0.3, 0.4) is 0 Å². The third kappa shape index (κ3) is 3.48. The van der Waals surface area contributed by atoms with Gasteiger partial charge in [0.2, 0.25) is 0 Å². The summed E-state index contributed by atoms with van der Waals surface area (Å²) in [5.41, 5.74) is 2.28. The van der Waals surface area contributed by atoms with E-state index in [0.717, 1.165) is 35.3 Å². The van der Waals surface area contributed by atoms with Gasteiger partial charge in [-0.2, -0.15) is 0 Å². The van der Waals surface area contributed by atoms with E-state index >= 15 is 0 Å². The number of para-hydroxylation sites is 1. The molecule has 26 heavy (non-hydrogen) atoms. The predicted octanol–water partition coefficient (Wildman–Crippen LogP) is 4.79. The van der Waals surface area contributed by atoms with E-state index in [1.165, 1.54) is 4.88 Å². The summed E-state index contributed by atoms with van der Waals surface area (Å²) in [4.78, 5) is 21.3. The maximum absolute atomic E-state index is 12.9. The molecule has 3 nitrogen and oxygen atoms in total. The largest absolute Gasteiger partial charge is 0.294 e. The number of piperidine rings is 1. The predicted molar refractivity (Wildman–Crippen MR) is 108 cm³/mol. The molecule has 0 bridgehead atoms. The molecule has 0 unspecified atom stereocenters. The summed E-state index contributed by atoms with van der Waals surface area (Å²) in [6.07, 6.45) is 1.97. The Balaban J connectivity index is 1.65. The van der Waals surface area contributed by atoms with Crippen LogP contribution in [0.5, 0.6) is 0 Å². The fourth-order valence-corrected chi connectivity index (χ4v) is 4.37. The maximum Gasteiger partial charge on any atom is 0.167 e. The smallest absolute Gasteiger partial charge is 0.167 e. The fourth-order valence-electron chi connectivity index (χ4n) is 3.62. The summed E-state index contributed by atoms with van der Waals surface area (Å²) in [6.45, 7) is 6.42. The van der Waals surface area contributed by atoms with Crippen molar-refractivity contribution in [3.63, 3.8) is 0 Å². The molecule has 1 fully saturated rings. The van der Waals surface area contributed by atoms with Gasteiger partial charge in [-0.25, -0.2) is 4.98 Å². The number of thiophene rings is 1. The molecule has 1 aromatic carbocycles. The molecule has 0 N–H and O–H groups in total. The van der Waals surface area contributed by atoms with Gasteiger partial charge in [0.05, 0.1) is 11.2 Å². The van der Waals surface area contributed by atoms with E-state index < -0.39 is 0 Å². The van der Waals surface area contributed by atoms with Crippen molar-refractivity contribution < 1.29 is 4.79 Å². The normalized spacial score (nSPS) is 19.3. The Morgan fingerprint density at radius 2 is 2.00 bits per heavy atom. The van der Waals surface area contributed by atoms with E-state index in [4.69, 9.17) is 4.98 Å². The van der Waals surface area contributed by atoms with Gasteiger partial charge in [0.1, 0.15) is 0 Å². The van der Waals surface area contributed by atoms with Crippen LogP contribution in [0.2, 0.25) is 0 Å². The van der Waals surface area contributed by atoms with E-state index in [9.17, 15) is 4.79 Å². The van der Waals surface area contributed by atoms with Crippen LogP contribution in [-0.2, 0) is 11.3 Å². The molecule has 1 aliphatic rings. The summed E-state index contributed by atoms with van der Waals surface area (Å²) in [5, 5.41) is 3.22. The number of carbonyl (C=O) groups is 1. The maximum atomic E-state index is 12.9. The minimum Gasteiger partial charge on any atom is -0.294 e. The number of pyridine rings is 1. The fraction of sp³-hybridized carbons (Fsp3) is 0.273. The number of fused-ring (bicyclic) bond motifs is 1. The quantitative estimate of drug-likeness (QED) is 0.628. The van der Waals surface area contributed by atoms with Gasteiger partial charge in [0.15, 0.2) is 5.78 Å². The number of aromatic nitrogens is 1. The summed E-state index contributed by atoms with van der Waals surface area (Å²) in [7, 11) is 0. The number of hydrogen-bond acceptors (Lipinski definition) is 4. The molecule has 4 heteroatoms. The minimum atomic E-state index is -0.377. The molecule has 0 radical (unpaired) electrons. The van der Waals surface area contributed by atoms with Gasteiger partial charge in [0.25, 0.3) is 0 Å². The Kier molecular flexibility index (Phi) is 4.47. The first-order valence-electron chi connectivity index (χ1n) is 8.87. The average molecular weight is 362 g/mol. The molecule has 1 saturated heterocycles. The Bertz CT molecular complexity index is 973. The molecule has 3 heterocycles. The lowest BCUT2D eigenvalue weighted by Gasteiger charge is -2.38. The zero-order chi connectivity index (χ0) is 18.1. The number of ketones is 1. The molecule has 0 amide bonds. The summed E-state index contributed by atoms with van der Waals surface area (Å²) >= 11 is 1.77. The number of hydrogen-bond donors (Lipinski definition) is 0. The van der Waals surface area contributed by atoms with Crippen LogP contribution in [-0.4, -0.2) is 28.8 Å². The van der Waals surface area contributed by atoms with Gasteiger partial charge in [-0.15, -0.1) is 11.3 Å². The number of likely N-dealkylation sites (tertiary alicyclic amines) is 1. The molecule has 0 aliphatic carbocycles. The highest BCUT2D eigenvalue weighted by atomic mass is 32.1. The van der Waals surface area contributed by atoms with Gasteiger partial charge in [-0.1, -0.05) is 44.2 Å². The van der Waals surface area contributed by atoms with E-state index in [1.54, 1.807) is 11.3 Å². The van der Waals surface area contributed by atoms with Gasteiger partial charge in [-0.3, -0.25) is 9.69 Å². The van der Waals surface area contributed by atoms with Gasteiger partial charge in [-0.05, 0) is 29.7 Å². The highest BCUT2D eigenvalue weighted by Crippen LogP contribution is 2.31. The second kappa shape index (κ2) is 6.78. The standard InChI is InChI=1S/C22H22N2OS/c1-22(2)15-24(14-19-7-5-11-26-19)13-17(21(22)25)12-18-10-9-16-6-3-4-8-20(16)23-18/h3-12H,13-15H2,1-2H3/b17-12+. The number of rotatable bonds is 3. The minimum absolute atomic E-state index is 0.231. The lowest BCUT2D eigenvalue weighted by atomic mass is 9.79. The van der Waals surface area contributed by atoms with Crippen LogP contribution in [0.1, 0.15) is 24.4 Å². The second-order valence-electron chi connectivity index (χ2n) is 7.54. The molecule has 132 valence electrons. The first kappa shape index (κ1) is 17.1. The van der Waals surface area contributed by atoms with Crippen molar-refractivity contribution in [3.8, 4) is 0 Å². The Hall–Kier alpha value is -2.30. The van der Waals surface area contributed by atoms with Gasteiger partial charge < -0.3 is 0 Å². The third-order valence-corrected chi connectivity index (χ3v) is 5.68. The molecule has 3 aromatic rings. The van der Waals surface area contributed by atoms with Crippen LogP contribution in [0.15, 0.2) is 59.5 Å². The number of Topliss-reactive ketones (excluding diaryl/α,β-unsaturated/α-hetero) is 1. The lowest BCUT2D eigenvalue weighted by molar-refractivity contribution is -0.126. The molecule has 0 saturated carbocycles. The van der Waals surface area contributed by atoms with Crippen molar-refractivity contribution in [2.24, 2.45) is 5.41 Å². The molecule has 2 aromatic heterocycles. The van der Waals surface area contributed by atoms with E-state index in [2.05, 4.69) is 34.5 Å². The monoisotopic (exact) mass is 362 g/mol. The summed E-state index contributed by atoms with van der Waals surface area (Å²) in [6, 6.07) is 16.4. The summed E-state index contributed by atoms with van der Waals surface area (Å²) < 4.78 is 0. The van der Waals surface area contributed by atoms with Crippen LogP contribution < -0.4 is 0 Å². The van der Waals surface area contributed by atoms with Crippen LogP contribution in [0, 0.1) is 5.41 Å². The van der Waals surface area contributed by atoms with Gasteiger partial charge in [0, 0.05) is 40.9 Å². The first-order chi connectivity index (χ1) is 12.5. The van der Waals surface area contributed by atoms with Crippen LogP contribution in [0.25, 0.3) is 17.0 Å². The van der Waals surface area contributed by atoms with E-state index in [1.807, 2.05) is 44.2 Å². The van der Waals surface area contributed by atoms with Crippen LogP contribution >= 0.6 is 11.3 Å². The van der Waals surface area contributed by atoms with E-state index in [0.29, 0.717) is 6.54 Å². The second-order valence-corrected chi connectivity index (χ2v) is 8.57. The molecule has 1 aliphatic heterocycles. The average Bonchev–Trinajstić information content (AvgIpc) is 3.12.